The Labute approximate surface area is 81.3 Å². The van der Waals surface area contributed by atoms with Gasteiger partial charge in [-0.1, -0.05) is 17.9 Å². The molecule has 0 aromatic heterocycles. The fourth-order valence-corrected chi connectivity index (χ4v) is 2.32. The number of hydrogen-bond acceptors (Lipinski definition) is 2. The minimum Gasteiger partial charge on any atom is -0.594 e. The third kappa shape index (κ3) is 7.33. The molecule has 0 N–H and O–H groups in total. The summed E-state index contributed by atoms with van der Waals surface area (Å²) in [5.41, 5.74) is 0. The molecule has 0 saturated carbocycles. The van der Waals surface area contributed by atoms with E-state index in [1.54, 1.807) is 0 Å². The summed E-state index contributed by atoms with van der Waals surface area (Å²) in [5, 5.41) is 0. The van der Waals surface area contributed by atoms with Gasteiger partial charge in [0.1, 0.15) is 0 Å². The number of rotatable bonds is 4. The summed E-state index contributed by atoms with van der Waals surface area (Å²) in [6, 6.07) is 0. The van der Waals surface area contributed by atoms with Crippen molar-refractivity contribution < 1.29 is 9.46 Å². The van der Waals surface area contributed by atoms with Gasteiger partial charge in [-0.25, -0.2) is 0 Å². The van der Waals surface area contributed by atoms with E-state index in [9.17, 15) is 9.46 Å². The molecule has 0 rings (SSSR count). The van der Waals surface area contributed by atoms with Crippen molar-refractivity contribution in [1.29, 1.82) is 0 Å². The Hall–Kier alpha value is 1.22. The predicted octanol–water partition coefficient (Wildman–Crippen LogP) is 2.53. The monoisotopic (exact) mass is 294 g/mol. The molecule has 2 unspecified atom stereocenters. The molecular formula is C5H13IO2P2. The first-order valence-electron chi connectivity index (χ1n) is 3.04. The maximum absolute atomic E-state index is 10.3. The maximum Gasteiger partial charge on any atom is 0.325 e. The smallest absolute Gasteiger partial charge is 0.325 e. The van der Waals surface area contributed by atoms with Crippen molar-refractivity contribution in [1.82, 2.24) is 0 Å². The van der Waals surface area contributed by atoms with Crippen molar-refractivity contribution in [3.8, 4) is 0 Å². The molecule has 0 fully saturated rings. The van der Waals surface area contributed by atoms with Gasteiger partial charge in [-0.3, -0.25) is 0 Å². The summed E-state index contributed by atoms with van der Waals surface area (Å²) in [6.45, 7) is 3.89. The highest BCUT2D eigenvalue weighted by Gasteiger charge is 2.13. The van der Waals surface area contributed by atoms with E-state index in [0.717, 1.165) is 19.0 Å². The molecule has 0 aliphatic heterocycles. The van der Waals surface area contributed by atoms with Crippen LogP contribution in [-0.4, -0.2) is 12.8 Å². The Morgan fingerprint density at radius 2 is 2.10 bits per heavy atom. The molecule has 5 heteroatoms. The van der Waals surface area contributed by atoms with E-state index in [4.69, 9.17) is 0 Å². The zero-order chi connectivity index (χ0) is 7.28. The fraction of sp³-hybridized carbons (Fsp3) is 1.00. The molecule has 0 aromatic rings. The van der Waals surface area contributed by atoms with Gasteiger partial charge in [0.25, 0.3) is 0 Å². The van der Waals surface area contributed by atoms with Crippen LogP contribution in [0.5, 0.6) is 0 Å². The first-order chi connectivity index (χ1) is 4.18. The van der Waals surface area contributed by atoms with E-state index in [1.807, 2.05) is 6.66 Å². The van der Waals surface area contributed by atoms with Crippen molar-refractivity contribution >= 4 is 39.3 Å². The highest BCUT2D eigenvalue weighted by molar-refractivity contribution is 14.0. The summed E-state index contributed by atoms with van der Waals surface area (Å²) in [4.78, 5) is 10.3. The molecule has 2 nitrogen and oxygen atoms in total. The molecule has 2 atom stereocenters. The molecule has 0 aliphatic rings. The van der Waals surface area contributed by atoms with Crippen molar-refractivity contribution in [3.05, 3.63) is 0 Å². The largest absolute Gasteiger partial charge is 0.594 e. The average molecular weight is 294 g/mol. The summed E-state index contributed by atoms with van der Waals surface area (Å²) >= 11 is 0. The maximum atomic E-state index is 10.3. The third-order valence-corrected chi connectivity index (χ3v) is 4.91. The van der Waals surface area contributed by atoms with Crippen LogP contribution >= 0.6 is 39.3 Å². The van der Waals surface area contributed by atoms with Crippen LogP contribution < -0.4 is 4.89 Å². The Morgan fingerprint density at radius 1 is 1.60 bits per heavy atom. The van der Waals surface area contributed by atoms with E-state index in [-0.39, 0.29) is 24.0 Å². The fourth-order valence-electron chi connectivity index (χ4n) is 0.469. The van der Waals surface area contributed by atoms with Gasteiger partial charge in [0.2, 0.25) is 0 Å². The van der Waals surface area contributed by atoms with Gasteiger partial charge < -0.3 is 4.89 Å². The lowest BCUT2D eigenvalue weighted by atomic mass is 10.4. The second-order valence-corrected chi connectivity index (χ2v) is 7.24. The van der Waals surface area contributed by atoms with Crippen molar-refractivity contribution in [3.63, 3.8) is 0 Å². The molecule has 0 aromatic carbocycles. The van der Waals surface area contributed by atoms with Gasteiger partial charge in [-0.15, -0.1) is 24.0 Å². The zero-order valence-corrected chi connectivity index (χ0v) is 10.4. The van der Waals surface area contributed by atoms with Crippen LogP contribution in [0.15, 0.2) is 0 Å². The summed E-state index contributed by atoms with van der Waals surface area (Å²) in [6.07, 6.45) is 3.02. The predicted molar refractivity (Wildman–Crippen MR) is 55.6 cm³/mol. The Bertz CT molecular complexity index is 99.6. The van der Waals surface area contributed by atoms with E-state index < -0.39 is 15.3 Å². The van der Waals surface area contributed by atoms with Crippen LogP contribution in [0.4, 0.5) is 0 Å². The molecule has 0 bridgehead atoms. The molecule has 0 radical (unpaired) electrons. The molecule has 0 saturated heterocycles. The topological polar surface area (TPSA) is 40.1 Å². The van der Waals surface area contributed by atoms with Crippen LogP contribution in [0, 0.1) is 0 Å². The van der Waals surface area contributed by atoms with E-state index in [1.165, 1.54) is 0 Å². The van der Waals surface area contributed by atoms with Gasteiger partial charge in [0, 0.05) is 12.8 Å². The third-order valence-electron chi connectivity index (χ3n) is 1.11. The van der Waals surface area contributed by atoms with Gasteiger partial charge in [0.05, 0.1) is 0 Å². The second-order valence-electron chi connectivity index (χ2n) is 1.97. The first kappa shape index (κ1) is 13.8. The molecule has 0 aliphatic carbocycles. The minimum atomic E-state index is -2.11. The Morgan fingerprint density at radius 3 is 2.40 bits per heavy atom. The van der Waals surface area contributed by atoms with E-state index in [0.29, 0.717) is 0 Å². The molecule has 0 amide bonds. The van der Waals surface area contributed by atoms with E-state index in [2.05, 4.69) is 6.92 Å². The van der Waals surface area contributed by atoms with E-state index >= 15 is 0 Å². The van der Waals surface area contributed by atoms with Gasteiger partial charge in [0.15, 0.2) is 7.61 Å². The highest BCUT2D eigenvalue weighted by Crippen LogP contribution is 2.52. The van der Waals surface area contributed by atoms with Crippen LogP contribution in [0.1, 0.15) is 19.8 Å². The van der Waals surface area contributed by atoms with Gasteiger partial charge in [-0.05, 0) is 6.42 Å². The molecule has 0 spiro atoms. The summed E-state index contributed by atoms with van der Waals surface area (Å²) in [5.74, 6) is 0. The van der Waals surface area contributed by atoms with Gasteiger partial charge in [-0.2, -0.15) is 0 Å². The molecule has 62 valence electrons. The Kier molecular flexibility index (Phi) is 11.5. The number of unbranched alkanes of at least 4 members (excludes halogenated alkanes) is 1. The highest BCUT2D eigenvalue weighted by atomic mass is 127. The number of hydrogen-bond donors (Lipinski definition) is 0. The van der Waals surface area contributed by atoms with Crippen LogP contribution in [0.3, 0.4) is 0 Å². The SMILES string of the molecule is CCCCP(C)[P+](=O)[O-].I. The van der Waals surface area contributed by atoms with Crippen molar-refractivity contribution in [2.45, 2.75) is 19.8 Å². The quantitative estimate of drug-likeness (QED) is 0.590. The zero-order valence-electron chi connectivity index (χ0n) is 6.24. The lowest BCUT2D eigenvalue weighted by molar-refractivity contribution is -0.158. The molecule has 10 heavy (non-hydrogen) atoms. The standard InChI is InChI=1S/C5H12O2P2.HI/c1-3-4-5-8(2)9(6)7;/h3-5H2,1-2H3;1H. The lowest BCUT2D eigenvalue weighted by Crippen LogP contribution is -1.86. The van der Waals surface area contributed by atoms with Crippen molar-refractivity contribution in [2.24, 2.45) is 0 Å². The Balaban J connectivity index is 0. The first-order valence-corrected chi connectivity index (χ1v) is 6.89. The second kappa shape index (κ2) is 8.32. The van der Waals surface area contributed by atoms with Gasteiger partial charge >= 0.3 is 7.72 Å². The molecule has 0 heterocycles. The summed E-state index contributed by atoms with van der Waals surface area (Å²) in [7, 11) is -2.80. The molecular weight excluding hydrogens is 281 g/mol. The van der Waals surface area contributed by atoms with Crippen LogP contribution in [0.25, 0.3) is 0 Å². The van der Waals surface area contributed by atoms with Crippen LogP contribution in [-0.2, 0) is 4.57 Å². The van der Waals surface area contributed by atoms with Crippen molar-refractivity contribution in [2.75, 3.05) is 12.8 Å². The minimum absolute atomic E-state index is 0. The number of halogens is 1. The normalized spacial score (nSPS) is 13.7. The summed E-state index contributed by atoms with van der Waals surface area (Å²) < 4.78 is 10.3. The van der Waals surface area contributed by atoms with Crippen LogP contribution in [0.2, 0.25) is 0 Å². The average Bonchev–Trinajstić information content (AvgIpc) is 1.82. The lowest BCUT2D eigenvalue weighted by Gasteiger charge is -1.97.